The minimum atomic E-state index is 0.612. The van der Waals surface area contributed by atoms with Gasteiger partial charge in [0.05, 0.1) is 0 Å². The maximum atomic E-state index is 3.57. The van der Waals surface area contributed by atoms with Crippen LogP contribution in [0, 0.1) is 6.92 Å². The zero-order valence-electron chi connectivity index (χ0n) is 11.1. The van der Waals surface area contributed by atoms with Crippen LogP contribution < -0.4 is 5.32 Å². The molecule has 1 saturated heterocycles. The van der Waals surface area contributed by atoms with E-state index in [9.17, 15) is 0 Å². The minimum Gasteiger partial charge on any atom is -0.313 e. The summed E-state index contributed by atoms with van der Waals surface area (Å²) in [6.07, 6.45) is 2.61. The number of nitrogens with one attached hydrogen (secondary N) is 1. The monoisotopic (exact) mass is 232 g/mol. The van der Waals surface area contributed by atoms with Gasteiger partial charge in [-0.15, -0.1) is 0 Å². The fourth-order valence-electron chi connectivity index (χ4n) is 2.45. The molecule has 1 heterocycles. The third kappa shape index (κ3) is 4.14. The maximum Gasteiger partial charge on any atom is 0.0234 e. The van der Waals surface area contributed by atoms with Crippen molar-refractivity contribution in [3.05, 3.63) is 35.4 Å². The summed E-state index contributed by atoms with van der Waals surface area (Å²) in [4.78, 5) is 2.57. The molecular formula is C15H24N2. The van der Waals surface area contributed by atoms with Gasteiger partial charge in [0, 0.05) is 19.1 Å². The quantitative estimate of drug-likeness (QED) is 0.843. The molecule has 94 valence electrons. The molecule has 1 unspecified atom stereocenters. The lowest BCUT2D eigenvalue weighted by molar-refractivity contribution is 0.220. The van der Waals surface area contributed by atoms with Crippen molar-refractivity contribution in [2.75, 3.05) is 19.6 Å². The third-order valence-electron chi connectivity index (χ3n) is 3.45. The number of hydrogen-bond acceptors (Lipinski definition) is 2. The van der Waals surface area contributed by atoms with E-state index >= 15 is 0 Å². The van der Waals surface area contributed by atoms with Gasteiger partial charge in [0.15, 0.2) is 0 Å². The zero-order valence-corrected chi connectivity index (χ0v) is 11.1. The largest absolute Gasteiger partial charge is 0.313 e. The normalized spacial score (nSPS) is 23.1. The highest BCUT2D eigenvalue weighted by Crippen LogP contribution is 2.10. The summed E-state index contributed by atoms with van der Waals surface area (Å²) in [7, 11) is 0. The second-order valence-electron chi connectivity index (χ2n) is 5.28. The van der Waals surface area contributed by atoms with Crippen molar-refractivity contribution in [2.24, 2.45) is 0 Å². The number of rotatable bonds is 2. The average Bonchev–Trinajstić information content (AvgIpc) is 2.28. The van der Waals surface area contributed by atoms with Crippen LogP contribution in [0.5, 0.6) is 0 Å². The van der Waals surface area contributed by atoms with Crippen LogP contribution in [0.2, 0.25) is 0 Å². The van der Waals surface area contributed by atoms with Gasteiger partial charge in [0.25, 0.3) is 0 Å². The summed E-state index contributed by atoms with van der Waals surface area (Å²) < 4.78 is 0. The van der Waals surface area contributed by atoms with E-state index in [1.54, 1.807) is 0 Å². The van der Waals surface area contributed by atoms with E-state index in [2.05, 4.69) is 48.3 Å². The first-order chi connectivity index (χ1) is 8.24. The topological polar surface area (TPSA) is 15.3 Å². The number of aryl methyl sites for hydroxylation is 1. The Morgan fingerprint density at radius 3 is 2.76 bits per heavy atom. The van der Waals surface area contributed by atoms with E-state index in [4.69, 9.17) is 0 Å². The van der Waals surface area contributed by atoms with Gasteiger partial charge < -0.3 is 5.32 Å². The van der Waals surface area contributed by atoms with Crippen molar-refractivity contribution in [2.45, 2.75) is 39.3 Å². The summed E-state index contributed by atoms with van der Waals surface area (Å²) in [6.45, 7) is 9.10. The average molecular weight is 232 g/mol. The smallest absolute Gasteiger partial charge is 0.0234 e. The Hall–Kier alpha value is -0.860. The molecule has 1 aromatic carbocycles. The predicted molar refractivity (Wildman–Crippen MR) is 73.2 cm³/mol. The van der Waals surface area contributed by atoms with Gasteiger partial charge >= 0.3 is 0 Å². The molecule has 1 aliphatic rings. The maximum absolute atomic E-state index is 3.57. The van der Waals surface area contributed by atoms with Gasteiger partial charge in [0.1, 0.15) is 0 Å². The van der Waals surface area contributed by atoms with Crippen molar-refractivity contribution < 1.29 is 0 Å². The van der Waals surface area contributed by atoms with Gasteiger partial charge in [-0.2, -0.15) is 0 Å². The van der Waals surface area contributed by atoms with E-state index in [0.717, 1.165) is 13.1 Å². The first kappa shape index (κ1) is 12.6. The fraction of sp³-hybridized carbons (Fsp3) is 0.600. The molecule has 1 atom stereocenters. The van der Waals surface area contributed by atoms with Gasteiger partial charge in [-0.25, -0.2) is 0 Å². The molecule has 0 aliphatic carbocycles. The second-order valence-corrected chi connectivity index (χ2v) is 5.28. The Morgan fingerprint density at radius 2 is 2.00 bits per heavy atom. The van der Waals surface area contributed by atoms with E-state index in [0.29, 0.717) is 6.04 Å². The lowest BCUT2D eigenvalue weighted by Gasteiger charge is -2.29. The molecule has 0 saturated carbocycles. The van der Waals surface area contributed by atoms with Crippen molar-refractivity contribution >= 4 is 0 Å². The summed E-state index contributed by atoms with van der Waals surface area (Å²) in [6, 6.07) is 9.54. The molecule has 1 N–H and O–H groups in total. The van der Waals surface area contributed by atoms with Crippen LogP contribution in [0.4, 0.5) is 0 Å². The third-order valence-corrected chi connectivity index (χ3v) is 3.45. The van der Waals surface area contributed by atoms with Crippen LogP contribution in [0.3, 0.4) is 0 Å². The Morgan fingerprint density at radius 1 is 1.24 bits per heavy atom. The lowest BCUT2D eigenvalue weighted by atomic mass is 10.1. The highest BCUT2D eigenvalue weighted by Gasteiger charge is 2.12. The van der Waals surface area contributed by atoms with E-state index < -0.39 is 0 Å². The molecule has 0 aromatic heterocycles. The molecule has 2 rings (SSSR count). The standard InChI is InChI=1S/C15H24N2/c1-13-5-7-15(8-6-13)12-17-10-4-3-9-16-14(2)11-17/h5-8,14,16H,3-4,9-12H2,1-2H3. The number of benzene rings is 1. The highest BCUT2D eigenvalue weighted by atomic mass is 15.1. The Bertz CT molecular complexity index is 331. The fourth-order valence-corrected chi connectivity index (χ4v) is 2.45. The van der Waals surface area contributed by atoms with E-state index in [1.165, 1.54) is 37.1 Å². The van der Waals surface area contributed by atoms with Crippen LogP contribution >= 0.6 is 0 Å². The molecule has 1 aromatic rings. The summed E-state index contributed by atoms with van der Waals surface area (Å²) >= 11 is 0. The molecule has 1 fully saturated rings. The molecule has 0 amide bonds. The summed E-state index contributed by atoms with van der Waals surface area (Å²) in [5, 5.41) is 3.57. The van der Waals surface area contributed by atoms with Gasteiger partial charge in [-0.1, -0.05) is 29.8 Å². The predicted octanol–water partition coefficient (Wildman–Crippen LogP) is 2.57. The van der Waals surface area contributed by atoms with Crippen LogP contribution in [-0.4, -0.2) is 30.6 Å². The van der Waals surface area contributed by atoms with Crippen LogP contribution in [0.15, 0.2) is 24.3 Å². The first-order valence-corrected chi connectivity index (χ1v) is 6.75. The van der Waals surface area contributed by atoms with E-state index in [-0.39, 0.29) is 0 Å². The molecular weight excluding hydrogens is 208 g/mol. The molecule has 2 nitrogen and oxygen atoms in total. The van der Waals surface area contributed by atoms with Gasteiger partial charge in [-0.05, 0) is 45.3 Å². The highest BCUT2D eigenvalue weighted by molar-refractivity contribution is 5.21. The van der Waals surface area contributed by atoms with Crippen molar-refractivity contribution in [3.63, 3.8) is 0 Å². The summed E-state index contributed by atoms with van der Waals surface area (Å²) in [5.41, 5.74) is 2.78. The van der Waals surface area contributed by atoms with Gasteiger partial charge in [0.2, 0.25) is 0 Å². The SMILES string of the molecule is Cc1ccc(CN2CCCCNC(C)C2)cc1. The molecule has 0 radical (unpaired) electrons. The molecule has 17 heavy (non-hydrogen) atoms. The molecule has 2 heteroatoms. The second kappa shape index (κ2) is 6.18. The van der Waals surface area contributed by atoms with Crippen LogP contribution in [-0.2, 0) is 6.54 Å². The van der Waals surface area contributed by atoms with E-state index in [1.807, 2.05) is 0 Å². The minimum absolute atomic E-state index is 0.612. The number of hydrogen-bond donors (Lipinski definition) is 1. The summed E-state index contributed by atoms with van der Waals surface area (Å²) in [5.74, 6) is 0. The Kier molecular flexibility index (Phi) is 4.57. The van der Waals surface area contributed by atoms with Crippen molar-refractivity contribution in [1.82, 2.24) is 10.2 Å². The molecule has 0 bridgehead atoms. The van der Waals surface area contributed by atoms with Crippen LogP contribution in [0.25, 0.3) is 0 Å². The van der Waals surface area contributed by atoms with Crippen molar-refractivity contribution in [3.8, 4) is 0 Å². The Labute approximate surface area is 105 Å². The zero-order chi connectivity index (χ0) is 12.1. The molecule has 0 spiro atoms. The van der Waals surface area contributed by atoms with Crippen molar-refractivity contribution in [1.29, 1.82) is 0 Å². The molecule has 1 aliphatic heterocycles. The first-order valence-electron chi connectivity index (χ1n) is 6.75. The Balaban J connectivity index is 1.93. The van der Waals surface area contributed by atoms with Gasteiger partial charge in [-0.3, -0.25) is 4.90 Å². The van der Waals surface area contributed by atoms with Crippen LogP contribution in [0.1, 0.15) is 30.9 Å². The number of nitrogens with zero attached hydrogens (tertiary/aromatic N) is 1. The lowest BCUT2D eigenvalue weighted by Crippen LogP contribution is -2.42.